The van der Waals surface area contributed by atoms with Crippen LogP contribution in [-0.2, 0) is 9.53 Å². The Hall–Kier alpha value is -1.59. The van der Waals surface area contributed by atoms with Crippen LogP contribution >= 0.6 is 12.4 Å². The molecule has 2 N–H and O–H groups in total. The molecule has 1 aromatic rings. The highest BCUT2D eigenvalue weighted by atomic mass is 35.5. The van der Waals surface area contributed by atoms with Crippen LogP contribution in [0.5, 0.6) is 0 Å². The summed E-state index contributed by atoms with van der Waals surface area (Å²) in [6, 6.07) is 8.43. The van der Waals surface area contributed by atoms with Crippen LogP contribution in [0.25, 0.3) is 0 Å². The number of benzene rings is 1. The van der Waals surface area contributed by atoms with Crippen LogP contribution in [0.15, 0.2) is 24.3 Å². The van der Waals surface area contributed by atoms with Gasteiger partial charge in [-0.25, -0.2) is 0 Å². The van der Waals surface area contributed by atoms with Gasteiger partial charge in [-0.15, -0.1) is 12.4 Å². The van der Waals surface area contributed by atoms with Crippen LogP contribution in [0.1, 0.15) is 87.1 Å². The Kier molecular flexibility index (Phi) is 10.1. The Morgan fingerprint density at radius 1 is 1.03 bits per heavy atom. The van der Waals surface area contributed by atoms with Gasteiger partial charge in [0.1, 0.15) is 0 Å². The summed E-state index contributed by atoms with van der Waals surface area (Å²) in [5, 5.41) is 6.60. The van der Waals surface area contributed by atoms with E-state index in [1.165, 1.54) is 18.4 Å². The zero-order valence-corrected chi connectivity index (χ0v) is 19.1. The monoisotopic (exact) mass is 436 g/mol. The molecule has 1 heterocycles. The molecule has 0 radical (unpaired) electrons. The molecule has 3 rings (SSSR count). The topological polar surface area (TPSA) is 67.4 Å². The Balaban J connectivity index is 0.00000320. The van der Waals surface area contributed by atoms with E-state index in [1.54, 1.807) is 0 Å². The molecule has 1 saturated carbocycles. The van der Waals surface area contributed by atoms with Crippen LogP contribution < -0.4 is 10.6 Å². The van der Waals surface area contributed by atoms with Gasteiger partial charge in [-0.3, -0.25) is 9.59 Å². The Morgan fingerprint density at radius 3 is 2.27 bits per heavy atom. The van der Waals surface area contributed by atoms with Crippen molar-refractivity contribution in [2.45, 2.75) is 83.3 Å². The third-order valence-corrected chi connectivity index (χ3v) is 6.29. The van der Waals surface area contributed by atoms with Gasteiger partial charge in [0.05, 0.1) is 6.10 Å². The van der Waals surface area contributed by atoms with E-state index < -0.39 is 0 Å². The van der Waals surface area contributed by atoms with Gasteiger partial charge in [-0.2, -0.15) is 0 Å². The van der Waals surface area contributed by atoms with Crippen molar-refractivity contribution in [1.29, 1.82) is 0 Å². The zero-order chi connectivity index (χ0) is 20.6. The van der Waals surface area contributed by atoms with Crippen LogP contribution in [-0.4, -0.2) is 37.1 Å². The number of hydrogen-bond acceptors (Lipinski definition) is 4. The Morgan fingerprint density at radius 2 is 1.67 bits per heavy atom. The molecule has 30 heavy (non-hydrogen) atoms. The smallest absolute Gasteiger partial charge is 0.306 e. The van der Waals surface area contributed by atoms with Gasteiger partial charge in [-0.05, 0) is 101 Å². The molecule has 0 spiro atoms. The summed E-state index contributed by atoms with van der Waals surface area (Å²) in [7, 11) is 0. The average molecular weight is 437 g/mol. The van der Waals surface area contributed by atoms with Gasteiger partial charge in [0.15, 0.2) is 0 Å². The number of hydrogen-bond donors (Lipinski definition) is 2. The SMILES string of the molecule is CC(C)OC(=O)CC[C@H]1CC[C@H](NC(=O)c2ccc(C3CCNCC3)cc2)CC1.Cl. The molecule has 1 aromatic carbocycles. The fraction of sp³-hybridized carbons (Fsp3) is 0.667. The molecule has 1 amide bonds. The van der Waals surface area contributed by atoms with E-state index in [9.17, 15) is 9.59 Å². The molecule has 168 valence electrons. The lowest BCUT2D eigenvalue weighted by Crippen LogP contribution is -2.37. The fourth-order valence-corrected chi connectivity index (χ4v) is 4.57. The molecule has 0 unspecified atom stereocenters. The molecule has 1 aliphatic heterocycles. The standard InChI is InChI=1S/C24H36N2O3.ClH/c1-17(2)29-23(27)12-5-18-3-10-22(11-4-18)26-24(28)21-8-6-19(7-9-21)20-13-15-25-16-14-20;/h6-9,17-18,20,22,25H,3-5,10-16H2,1-2H3,(H,26,28);1H/t18-,22-;. The predicted octanol–water partition coefficient (Wildman–Crippen LogP) is 4.60. The maximum Gasteiger partial charge on any atom is 0.306 e. The van der Waals surface area contributed by atoms with Crippen LogP contribution in [0.2, 0.25) is 0 Å². The van der Waals surface area contributed by atoms with Crippen molar-refractivity contribution in [2.24, 2.45) is 5.92 Å². The number of piperidine rings is 1. The summed E-state index contributed by atoms with van der Waals surface area (Å²) in [5.74, 6) is 1.11. The summed E-state index contributed by atoms with van der Waals surface area (Å²) in [6.07, 6.45) is 7.80. The van der Waals surface area contributed by atoms with Crippen molar-refractivity contribution in [3.8, 4) is 0 Å². The first-order valence-electron chi connectivity index (χ1n) is 11.3. The largest absolute Gasteiger partial charge is 0.463 e. The van der Waals surface area contributed by atoms with E-state index in [-0.39, 0.29) is 36.4 Å². The number of esters is 1. The van der Waals surface area contributed by atoms with Gasteiger partial charge in [0, 0.05) is 18.0 Å². The van der Waals surface area contributed by atoms with Crippen LogP contribution in [0.4, 0.5) is 0 Å². The normalized spacial score (nSPS) is 22.2. The highest BCUT2D eigenvalue weighted by Gasteiger charge is 2.24. The summed E-state index contributed by atoms with van der Waals surface area (Å²) in [5.41, 5.74) is 2.10. The maximum atomic E-state index is 12.6. The molecule has 2 fully saturated rings. The van der Waals surface area contributed by atoms with Crippen molar-refractivity contribution in [3.05, 3.63) is 35.4 Å². The third kappa shape index (κ3) is 7.59. The van der Waals surface area contributed by atoms with Gasteiger partial charge in [-0.1, -0.05) is 12.1 Å². The summed E-state index contributed by atoms with van der Waals surface area (Å²) in [4.78, 5) is 24.3. The highest BCUT2D eigenvalue weighted by Crippen LogP contribution is 2.29. The van der Waals surface area contributed by atoms with Gasteiger partial charge in [0.25, 0.3) is 5.91 Å². The minimum Gasteiger partial charge on any atom is -0.463 e. The van der Waals surface area contributed by atoms with Crippen molar-refractivity contribution < 1.29 is 14.3 Å². The van der Waals surface area contributed by atoms with Crippen molar-refractivity contribution in [1.82, 2.24) is 10.6 Å². The lowest BCUT2D eigenvalue weighted by Gasteiger charge is -2.29. The first-order valence-corrected chi connectivity index (χ1v) is 11.3. The summed E-state index contributed by atoms with van der Waals surface area (Å²) in [6.45, 7) is 5.92. The second-order valence-electron chi connectivity index (χ2n) is 8.91. The van der Waals surface area contributed by atoms with E-state index in [2.05, 4.69) is 22.8 Å². The van der Waals surface area contributed by atoms with E-state index in [0.29, 0.717) is 18.3 Å². The Labute approximate surface area is 187 Å². The first kappa shape index (κ1) is 24.7. The predicted molar refractivity (Wildman–Crippen MR) is 122 cm³/mol. The maximum absolute atomic E-state index is 12.6. The first-order chi connectivity index (χ1) is 14.0. The van der Waals surface area contributed by atoms with E-state index in [1.807, 2.05) is 26.0 Å². The van der Waals surface area contributed by atoms with Crippen LogP contribution in [0, 0.1) is 5.92 Å². The number of rotatable bonds is 7. The highest BCUT2D eigenvalue weighted by molar-refractivity contribution is 5.94. The molecular weight excluding hydrogens is 400 g/mol. The molecule has 0 bridgehead atoms. The molecular formula is C24H37ClN2O3. The fourth-order valence-electron chi connectivity index (χ4n) is 4.57. The third-order valence-electron chi connectivity index (χ3n) is 6.29. The number of halogens is 1. The van der Waals surface area contributed by atoms with Crippen molar-refractivity contribution >= 4 is 24.3 Å². The van der Waals surface area contributed by atoms with Gasteiger partial charge >= 0.3 is 5.97 Å². The quantitative estimate of drug-likeness (QED) is 0.613. The second-order valence-corrected chi connectivity index (χ2v) is 8.91. The van der Waals surface area contributed by atoms with Crippen molar-refractivity contribution in [3.63, 3.8) is 0 Å². The minimum atomic E-state index is -0.0941. The number of carbonyl (C=O) groups excluding carboxylic acids is 2. The molecule has 1 saturated heterocycles. The van der Waals surface area contributed by atoms with E-state index in [4.69, 9.17) is 4.74 Å². The van der Waals surface area contributed by atoms with E-state index >= 15 is 0 Å². The average Bonchev–Trinajstić information content (AvgIpc) is 2.73. The summed E-state index contributed by atoms with van der Waals surface area (Å²) < 4.78 is 5.21. The van der Waals surface area contributed by atoms with Crippen molar-refractivity contribution in [2.75, 3.05) is 13.1 Å². The minimum absolute atomic E-state index is 0. The number of amides is 1. The lowest BCUT2D eigenvalue weighted by atomic mass is 9.83. The molecule has 0 atom stereocenters. The number of carbonyl (C=O) groups is 2. The molecule has 6 heteroatoms. The second kappa shape index (κ2) is 12.3. The molecule has 2 aliphatic rings. The van der Waals surface area contributed by atoms with E-state index in [0.717, 1.165) is 50.8 Å². The number of nitrogens with one attached hydrogen (secondary N) is 2. The lowest BCUT2D eigenvalue weighted by molar-refractivity contribution is -0.147. The van der Waals surface area contributed by atoms with Gasteiger partial charge < -0.3 is 15.4 Å². The van der Waals surface area contributed by atoms with Crippen LogP contribution in [0.3, 0.4) is 0 Å². The molecule has 5 nitrogen and oxygen atoms in total. The Bertz CT molecular complexity index is 664. The number of ether oxygens (including phenoxy) is 1. The molecule has 0 aromatic heterocycles. The van der Waals surface area contributed by atoms with Gasteiger partial charge in [0.2, 0.25) is 0 Å². The molecule has 1 aliphatic carbocycles. The summed E-state index contributed by atoms with van der Waals surface area (Å²) >= 11 is 0. The zero-order valence-electron chi connectivity index (χ0n) is 18.3.